The van der Waals surface area contributed by atoms with Crippen LogP contribution in [0.2, 0.25) is 0 Å². The van der Waals surface area contributed by atoms with E-state index in [1.165, 1.54) is 0 Å². The summed E-state index contributed by atoms with van der Waals surface area (Å²) in [5.41, 5.74) is 2.81. The molecule has 0 unspecified atom stereocenters. The molecule has 35 heavy (non-hydrogen) atoms. The van der Waals surface area contributed by atoms with E-state index in [1.54, 1.807) is 26.2 Å². The summed E-state index contributed by atoms with van der Waals surface area (Å²) in [5.74, 6) is 0.888. The van der Waals surface area contributed by atoms with Gasteiger partial charge in [0.2, 0.25) is 5.91 Å². The maximum Gasteiger partial charge on any atom is 0.272 e. The molecule has 1 amide bonds. The van der Waals surface area contributed by atoms with Crippen LogP contribution in [0.15, 0.2) is 42.5 Å². The highest BCUT2D eigenvalue weighted by Gasteiger charge is 2.25. The molecule has 0 aromatic heterocycles. The van der Waals surface area contributed by atoms with E-state index in [9.17, 15) is 14.9 Å². The summed E-state index contributed by atoms with van der Waals surface area (Å²) in [7, 11) is 1.67. The smallest absolute Gasteiger partial charge is 0.272 e. The van der Waals surface area contributed by atoms with Crippen molar-refractivity contribution < 1.29 is 19.2 Å². The third-order valence-corrected chi connectivity index (χ3v) is 6.93. The maximum absolute atomic E-state index is 12.7. The number of nitro benzene ring substituents is 1. The summed E-state index contributed by atoms with van der Waals surface area (Å²) in [5, 5.41) is 14.5. The monoisotopic (exact) mass is 482 g/mol. The average Bonchev–Trinajstić information content (AvgIpc) is 2.88. The summed E-state index contributed by atoms with van der Waals surface area (Å²) in [4.78, 5) is 27.5. The van der Waals surface area contributed by atoms with Crippen molar-refractivity contribution in [1.82, 2.24) is 4.90 Å². The molecule has 4 rings (SSSR count). The fraction of sp³-hybridized carbons (Fsp3) is 0.500. The van der Waals surface area contributed by atoms with Gasteiger partial charge in [-0.2, -0.15) is 0 Å². The molecule has 9 heteroatoms. The number of methoxy groups -OCH3 is 1. The Labute approximate surface area is 206 Å². The molecule has 188 valence electrons. The molecule has 0 bridgehead atoms. The van der Waals surface area contributed by atoms with Gasteiger partial charge in [-0.1, -0.05) is 6.07 Å². The molecule has 1 aliphatic carbocycles. The summed E-state index contributed by atoms with van der Waals surface area (Å²) in [6.45, 7) is 4.83. The second-order valence-electron chi connectivity index (χ2n) is 9.26. The third-order valence-electron chi connectivity index (χ3n) is 6.93. The fourth-order valence-corrected chi connectivity index (χ4v) is 4.86. The predicted octanol–water partition coefficient (Wildman–Crippen LogP) is 4.00. The molecular formula is C26H34N4O5. The molecular weight excluding hydrogens is 448 g/mol. The number of hydrogen-bond acceptors (Lipinski definition) is 7. The number of benzene rings is 2. The average molecular weight is 483 g/mol. The molecule has 2 aliphatic rings. The third kappa shape index (κ3) is 6.42. The van der Waals surface area contributed by atoms with Gasteiger partial charge < -0.3 is 24.6 Å². The van der Waals surface area contributed by atoms with Crippen LogP contribution in [0.4, 0.5) is 17.1 Å². The number of piperazine rings is 1. The minimum absolute atomic E-state index is 0.0527. The number of amides is 1. The van der Waals surface area contributed by atoms with Crippen LogP contribution in [0.1, 0.15) is 31.2 Å². The Hall–Kier alpha value is -3.33. The van der Waals surface area contributed by atoms with Crippen LogP contribution < -0.4 is 15.0 Å². The lowest BCUT2D eigenvalue weighted by atomic mass is 9.92. The standard InChI is InChI=1S/C26H34N4O5/c1-19-16-21(8-11-25(19)30(32)33)27-20-6-9-23(10-7-20)35-18-26(31)29-14-12-28(13-15-29)22-4-3-5-24(17-22)34-2/h3-5,8,11,16-17,20,23,27H,6-7,9-10,12-15,18H2,1-2H3. The molecule has 2 aromatic rings. The molecule has 1 saturated carbocycles. The zero-order valence-corrected chi connectivity index (χ0v) is 20.4. The van der Waals surface area contributed by atoms with Gasteiger partial charge in [-0.3, -0.25) is 14.9 Å². The summed E-state index contributed by atoms with van der Waals surface area (Å²) in [6.07, 6.45) is 3.75. The Morgan fingerprint density at radius 1 is 1.09 bits per heavy atom. The molecule has 2 fully saturated rings. The van der Waals surface area contributed by atoms with Crippen molar-refractivity contribution in [3.63, 3.8) is 0 Å². The number of nitrogens with zero attached hydrogens (tertiary/aromatic N) is 3. The summed E-state index contributed by atoms with van der Waals surface area (Å²) in [6, 6.07) is 13.4. The van der Waals surface area contributed by atoms with Crippen LogP contribution in [0.25, 0.3) is 0 Å². The number of carbonyl (C=O) groups is 1. The first kappa shape index (κ1) is 24.8. The van der Waals surface area contributed by atoms with E-state index < -0.39 is 0 Å². The van der Waals surface area contributed by atoms with E-state index in [0.717, 1.165) is 55.9 Å². The number of rotatable bonds is 8. The minimum Gasteiger partial charge on any atom is -0.497 e. The first-order chi connectivity index (χ1) is 16.9. The second-order valence-corrected chi connectivity index (χ2v) is 9.26. The second kappa shape index (κ2) is 11.4. The molecule has 0 spiro atoms. The lowest BCUT2D eigenvalue weighted by molar-refractivity contribution is -0.385. The number of carbonyl (C=O) groups excluding carboxylic acids is 1. The van der Waals surface area contributed by atoms with Gasteiger partial charge in [0.05, 0.1) is 18.1 Å². The Bertz CT molecular complexity index is 1030. The van der Waals surface area contributed by atoms with Crippen molar-refractivity contribution in [3.05, 3.63) is 58.1 Å². The number of nitrogens with one attached hydrogen (secondary N) is 1. The van der Waals surface area contributed by atoms with Gasteiger partial charge in [0.1, 0.15) is 12.4 Å². The van der Waals surface area contributed by atoms with Gasteiger partial charge in [0.25, 0.3) is 5.69 Å². The first-order valence-electron chi connectivity index (χ1n) is 12.2. The van der Waals surface area contributed by atoms with Crippen molar-refractivity contribution in [2.45, 2.75) is 44.8 Å². The largest absolute Gasteiger partial charge is 0.497 e. The maximum atomic E-state index is 12.7. The normalized spacial score (nSPS) is 20.4. The predicted molar refractivity (Wildman–Crippen MR) is 135 cm³/mol. The highest BCUT2D eigenvalue weighted by molar-refractivity contribution is 5.77. The van der Waals surface area contributed by atoms with Crippen LogP contribution in [-0.2, 0) is 9.53 Å². The highest BCUT2D eigenvalue weighted by Crippen LogP contribution is 2.27. The van der Waals surface area contributed by atoms with Crippen LogP contribution in [0.5, 0.6) is 5.75 Å². The molecule has 1 aliphatic heterocycles. The van der Waals surface area contributed by atoms with E-state index in [2.05, 4.69) is 16.3 Å². The van der Waals surface area contributed by atoms with E-state index in [0.29, 0.717) is 24.7 Å². The number of aryl methyl sites for hydroxylation is 1. The van der Waals surface area contributed by atoms with E-state index >= 15 is 0 Å². The van der Waals surface area contributed by atoms with Gasteiger partial charge in [-0.15, -0.1) is 0 Å². The van der Waals surface area contributed by atoms with Gasteiger partial charge in [-0.25, -0.2) is 0 Å². The van der Waals surface area contributed by atoms with Crippen LogP contribution in [0, 0.1) is 17.0 Å². The van der Waals surface area contributed by atoms with Crippen LogP contribution in [0.3, 0.4) is 0 Å². The van der Waals surface area contributed by atoms with Crippen molar-refractivity contribution in [1.29, 1.82) is 0 Å². The van der Waals surface area contributed by atoms with Crippen molar-refractivity contribution in [2.24, 2.45) is 0 Å². The van der Waals surface area contributed by atoms with Gasteiger partial charge >= 0.3 is 0 Å². The molecule has 0 atom stereocenters. The van der Waals surface area contributed by atoms with Crippen molar-refractivity contribution in [2.75, 3.05) is 50.1 Å². The number of anilines is 2. The van der Waals surface area contributed by atoms with Crippen LogP contribution in [-0.4, -0.2) is 67.8 Å². The summed E-state index contributed by atoms with van der Waals surface area (Å²) < 4.78 is 11.3. The van der Waals surface area contributed by atoms with Crippen molar-refractivity contribution >= 4 is 23.0 Å². The van der Waals surface area contributed by atoms with Gasteiger partial charge in [0, 0.05) is 61.3 Å². The quantitative estimate of drug-likeness (QED) is 0.449. The topological polar surface area (TPSA) is 97.2 Å². The minimum atomic E-state index is -0.358. The molecule has 0 radical (unpaired) electrons. The molecule has 9 nitrogen and oxygen atoms in total. The Morgan fingerprint density at radius 3 is 2.49 bits per heavy atom. The molecule has 1 heterocycles. The Kier molecular flexibility index (Phi) is 8.07. The lowest BCUT2D eigenvalue weighted by Crippen LogP contribution is -2.50. The first-order valence-corrected chi connectivity index (χ1v) is 12.2. The molecule has 1 saturated heterocycles. The Morgan fingerprint density at radius 2 is 1.83 bits per heavy atom. The Balaban J connectivity index is 1.16. The van der Waals surface area contributed by atoms with E-state index in [1.807, 2.05) is 29.2 Å². The fourth-order valence-electron chi connectivity index (χ4n) is 4.86. The van der Waals surface area contributed by atoms with Gasteiger partial charge in [0.15, 0.2) is 0 Å². The number of ether oxygens (including phenoxy) is 2. The zero-order valence-electron chi connectivity index (χ0n) is 20.4. The summed E-state index contributed by atoms with van der Waals surface area (Å²) >= 11 is 0. The van der Waals surface area contributed by atoms with E-state index in [-0.39, 0.29) is 29.2 Å². The SMILES string of the molecule is COc1cccc(N2CCN(C(=O)COC3CCC(Nc4ccc([N+](=O)[O-])c(C)c4)CC3)CC2)c1. The molecule has 2 aromatic carbocycles. The van der Waals surface area contributed by atoms with Crippen LogP contribution >= 0.6 is 0 Å². The zero-order chi connectivity index (χ0) is 24.8. The number of hydrogen-bond donors (Lipinski definition) is 1. The lowest BCUT2D eigenvalue weighted by Gasteiger charge is -2.36. The van der Waals surface area contributed by atoms with Gasteiger partial charge in [-0.05, 0) is 56.9 Å². The van der Waals surface area contributed by atoms with Crippen molar-refractivity contribution in [3.8, 4) is 5.75 Å². The number of nitro groups is 1. The van der Waals surface area contributed by atoms with E-state index in [4.69, 9.17) is 9.47 Å². The highest BCUT2D eigenvalue weighted by atomic mass is 16.6. The molecule has 1 N–H and O–H groups in total.